The van der Waals surface area contributed by atoms with E-state index in [1.807, 2.05) is 13.8 Å². The summed E-state index contributed by atoms with van der Waals surface area (Å²) >= 11 is 0. The van der Waals surface area contributed by atoms with Crippen molar-refractivity contribution >= 4 is 5.78 Å². The van der Waals surface area contributed by atoms with E-state index >= 15 is 0 Å². The third-order valence-corrected chi connectivity index (χ3v) is 1.72. The molecular weight excluding hydrogens is 166 g/mol. The third-order valence-electron chi connectivity index (χ3n) is 1.72. The molecule has 1 aromatic rings. The molecule has 13 heavy (non-hydrogen) atoms. The number of aromatic nitrogens is 2. The molecule has 0 radical (unpaired) electrons. The van der Waals surface area contributed by atoms with E-state index in [0.717, 1.165) is 0 Å². The molecule has 0 aromatic carbocycles. The van der Waals surface area contributed by atoms with Crippen LogP contribution < -0.4 is 5.73 Å². The summed E-state index contributed by atoms with van der Waals surface area (Å²) in [4.78, 5) is 11.6. The van der Waals surface area contributed by atoms with Crippen molar-refractivity contribution in [3.05, 3.63) is 18.0 Å². The van der Waals surface area contributed by atoms with Crippen molar-refractivity contribution in [3.8, 4) is 0 Å². The van der Waals surface area contributed by atoms with Gasteiger partial charge in [-0.3, -0.25) is 9.48 Å². The lowest BCUT2D eigenvalue weighted by atomic mass is 9.98. The molecule has 1 heterocycles. The Balaban J connectivity index is 2.76. The van der Waals surface area contributed by atoms with Gasteiger partial charge in [0.1, 0.15) is 5.69 Å². The van der Waals surface area contributed by atoms with Crippen LogP contribution in [-0.4, -0.2) is 21.1 Å². The Morgan fingerprint density at radius 2 is 2.31 bits per heavy atom. The highest BCUT2D eigenvalue weighted by molar-refractivity contribution is 5.95. The summed E-state index contributed by atoms with van der Waals surface area (Å²) in [6.45, 7) is 3.67. The first kappa shape index (κ1) is 9.92. The van der Waals surface area contributed by atoms with E-state index in [1.54, 1.807) is 24.0 Å². The largest absolute Gasteiger partial charge is 0.325 e. The second-order valence-electron chi connectivity index (χ2n) is 3.93. The van der Waals surface area contributed by atoms with Gasteiger partial charge in [0, 0.05) is 25.2 Å². The van der Waals surface area contributed by atoms with Crippen LogP contribution in [0.25, 0.3) is 0 Å². The number of hydrogen-bond acceptors (Lipinski definition) is 3. The lowest BCUT2D eigenvalue weighted by molar-refractivity contribution is 0.0951. The fourth-order valence-electron chi connectivity index (χ4n) is 1.15. The van der Waals surface area contributed by atoms with Crippen LogP contribution in [0, 0.1) is 0 Å². The van der Waals surface area contributed by atoms with Gasteiger partial charge in [-0.1, -0.05) is 0 Å². The summed E-state index contributed by atoms with van der Waals surface area (Å²) in [6, 6.07) is 1.70. The Bertz CT molecular complexity index is 309. The summed E-state index contributed by atoms with van der Waals surface area (Å²) < 4.78 is 1.56. The molecule has 0 amide bonds. The zero-order chi connectivity index (χ0) is 10.1. The van der Waals surface area contributed by atoms with Crippen LogP contribution in [0.5, 0.6) is 0 Å². The fourth-order valence-corrected chi connectivity index (χ4v) is 1.15. The Morgan fingerprint density at radius 1 is 1.69 bits per heavy atom. The number of carbonyl (C=O) groups is 1. The lowest BCUT2D eigenvalue weighted by Gasteiger charge is -2.16. The molecule has 0 spiro atoms. The van der Waals surface area contributed by atoms with Crippen LogP contribution >= 0.6 is 0 Å². The second-order valence-corrected chi connectivity index (χ2v) is 3.93. The van der Waals surface area contributed by atoms with Crippen molar-refractivity contribution in [2.75, 3.05) is 0 Å². The van der Waals surface area contributed by atoms with E-state index in [9.17, 15) is 4.79 Å². The minimum Gasteiger partial charge on any atom is -0.325 e. The zero-order valence-electron chi connectivity index (χ0n) is 8.24. The van der Waals surface area contributed by atoms with Crippen molar-refractivity contribution < 1.29 is 4.79 Å². The molecular formula is C9H15N3O. The molecule has 0 bridgehead atoms. The minimum absolute atomic E-state index is 0.0347. The number of hydrogen-bond donors (Lipinski definition) is 1. The Kier molecular flexibility index (Phi) is 2.52. The predicted octanol–water partition coefficient (Wildman–Crippen LogP) is 0.730. The van der Waals surface area contributed by atoms with Crippen LogP contribution in [0.4, 0.5) is 0 Å². The van der Waals surface area contributed by atoms with Crippen LogP contribution in [0.1, 0.15) is 30.8 Å². The van der Waals surface area contributed by atoms with Crippen LogP contribution in [0.15, 0.2) is 12.3 Å². The lowest BCUT2D eigenvalue weighted by Crippen LogP contribution is -2.35. The van der Waals surface area contributed by atoms with Gasteiger partial charge < -0.3 is 5.73 Å². The second kappa shape index (κ2) is 3.30. The van der Waals surface area contributed by atoms with Gasteiger partial charge in [0.2, 0.25) is 0 Å². The Hall–Kier alpha value is -1.16. The zero-order valence-corrected chi connectivity index (χ0v) is 8.24. The first-order valence-electron chi connectivity index (χ1n) is 4.20. The standard InChI is InChI=1S/C9H15N3O/c1-9(2,10)6-8(13)7-4-5-11-12(7)3/h4-5H,6,10H2,1-3H3. The maximum absolute atomic E-state index is 11.6. The number of ketones is 1. The van der Waals surface area contributed by atoms with Crippen LogP contribution in [-0.2, 0) is 7.05 Å². The fraction of sp³-hybridized carbons (Fsp3) is 0.556. The highest BCUT2D eigenvalue weighted by atomic mass is 16.1. The van der Waals surface area contributed by atoms with Crippen molar-refractivity contribution in [2.24, 2.45) is 12.8 Å². The van der Waals surface area contributed by atoms with Gasteiger partial charge in [-0.25, -0.2) is 0 Å². The molecule has 4 nitrogen and oxygen atoms in total. The number of carbonyl (C=O) groups excluding carboxylic acids is 1. The smallest absolute Gasteiger partial charge is 0.182 e. The normalized spacial score (nSPS) is 11.7. The number of nitrogens with two attached hydrogens (primary N) is 1. The van der Waals surface area contributed by atoms with Crippen LogP contribution in [0.3, 0.4) is 0 Å². The molecule has 0 aliphatic heterocycles. The molecule has 0 atom stereocenters. The highest BCUT2D eigenvalue weighted by Gasteiger charge is 2.19. The first-order chi connectivity index (χ1) is 5.90. The summed E-state index contributed by atoms with van der Waals surface area (Å²) in [6.07, 6.45) is 1.95. The van der Waals surface area contributed by atoms with Gasteiger partial charge in [0.25, 0.3) is 0 Å². The maximum Gasteiger partial charge on any atom is 0.182 e. The molecule has 0 fully saturated rings. The Morgan fingerprint density at radius 3 is 2.69 bits per heavy atom. The quantitative estimate of drug-likeness (QED) is 0.699. The Labute approximate surface area is 77.7 Å². The molecule has 1 rings (SSSR count). The molecule has 0 aliphatic rings. The average Bonchev–Trinajstić information content (AvgIpc) is 2.30. The van der Waals surface area contributed by atoms with Gasteiger partial charge in [-0.15, -0.1) is 0 Å². The summed E-state index contributed by atoms with van der Waals surface area (Å²) in [5.74, 6) is 0.0347. The van der Waals surface area contributed by atoms with E-state index in [-0.39, 0.29) is 5.78 Å². The predicted molar refractivity (Wildman–Crippen MR) is 50.4 cm³/mol. The number of Topliss-reactive ketones (excluding diaryl/α,β-unsaturated/α-hetero) is 1. The van der Waals surface area contributed by atoms with E-state index in [4.69, 9.17) is 5.73 Å². The summed E-state index contributed by atoms with van der Waals surface area (Å²) in [7, 11) is 1.75. The van der Waals surface area contributed by atoms with Gasteiger partial charge in [0.05, 0.1) is 0 Å². The molecule has 72 valence electrons. The molecule has 4 heteroatoms. The maximum atomic E-state index is 11.6. The number of aryl methyl sites for hydroxylation is 1. The molecule has 0 saturated carbocycles. The van der Waals surface area contributed by atoms with E-state index < -0.39 is 5.54 Å². The van der Waals surface area contributed by atoms with Gasteiger partial charge >= 0.3 is 0 Å². The minimum atomic E-state index is -0.457. The summed E-state index contributed by atoms with van der Waals surface area (Å²) in [5.41, 5.74) is 5.89. The topological polar surface area (TPSA) is 60.9 Å². The monoisotopic (exact) mass is 181 g/mol. The first-order valence-corrected chi connectivity index (χ1v) is 4.20. The molecule has 0 aliphatic carbocycles. The van der Waals surface area contributed by atoms with Crippen molar-refractivity contribution in [2.45, 2.75) is 25.8 Å². The highest BCUT2D eigenvalue weighted by Crippen LogP contribution is 2.09. The SMILES string of the molecule is Cn1nccc1C(=O)CC(C)(C)N. The van der Waals surface area contributed by atoms with Gasteiger partial charge in [-0.2, -0.15) is 5.10 Å². The van der Waals surface area contributed by atoms with Crippen molar-refractivity contribution in [1.29, 1.82) is 0 Å². The van der Waals surface area contributed by atoms with E-state index in [2.05, 4.69) is 5.10 Å². The van der Waals surface area contributed by atoms with Crippen molar-refractivity contribution in [1.82, 2.24) is 9.78 Å². The molecule has 1 aromatic heterocycles. The third kappa shape index (κ3) is 2.66. The van der Waals surface area contributed by atoms with E-state index in [0.29, 0.717) is 12.1 Å². The molecule has 0 saturated heterocycles. The van der Waals surface area contributed by atoms with Gasteiger partial charge in [0.15, 0.2) is 5.78 Å². The van der Waals surface area contributed by atoms with Crippen LogP contribution in [0.2, 0.25) is 0 Å². The summed E-state index contributed by atoms with van der Waals surface area (Å²) in [5, 5.41) is 3.92. The average molecular weight is 181 g/mol. The number of rotatable bonds is 3. The van der Waals surface area contributed by atoms with Gasteiger partial charge in [-0.05, 0) is 19.9 Å². The molecule has 2 N–H and O–H groups in total. The van der Waals surface area contributed by atoms with E-state index in [1.165, 1.54) is 0 Å². The van der Waals surface area contributed by atoms with Crippen molar-refractivity contribution in [3.63, 3.8) is 0 Å². The number of nitrogens with zero attached hydrogens (tertiary/aromatic N) is 2. The molecule has 0 unspecified atom stereocenters.